The summed E-state index contributed by atoms with van der Waals surface area (Å²) >= 11 is 3.39. The molecular weight excluding hydrogens is 282 g/mol. The molecule has 5 nitrogen and oxygen atoms in total. The summed E-state index contributed by atoms with van der Waals surface area (Å²) in [5.74, 6) is 1.05. The molecule has 0 atom stereocenters. The highest BCUT2D eigenvalue weighted by atomic mass is 79.9. The van der Waals surface area contributed by atoms with Crippen molar-refractivity contribution >= 4 is 27.7 Å². The lowest BCUT2D eigenvalue weighted by Crippen LogP contribution is -2.25. The second-order valence-electron chi connectivity index (χ2n) is 3.73. The Kier molecular flexibility index (Phi) is 6.21. The molecule has 96 valence electrons. The van der Waals surface area contributed by atoms with E-state index in [1.54, 1.807) is 6.20 Å². The van der Waals surface area contributed by atoms with Crippen molar-refractivity contribution in [1.29, 1.82) is 0 Å². The minimum absolute atomic E-state index is 0.291. The monoisotopic (exact) mass is 301 g/mol. The maximum atomic E-state index is 5.53. The van der Waals surface area contributed by atoms with Crippen LogP contribution in [0.4, 0.5) is 11.8 Å². The lowest BCUT2D eigenvalue weighted by atomic mass is 10.3. The largest absolute Gasteiger partial charge is 0.369 e. The fourth-order valence-corrected chi connectivity index (χ4v) is 1.89. The van der Waals surface area contributed by atoms with Crippen molar-refractivity contribution in [3.63, 3.8) is 0 Å². The van der Waals surface area contributed by atoms with Gasteiger partial charge in [0, 0.05) is 12.7 Å². The Morgan fingerprint density at radius 3 is 2.76 bits per heavy atom. The van der Waals surface area contributed by atoms with Crippen LogP contribution in [0.2, 0.25) is 0 Å². The van der Waals surface area contributed by atoms with Gasteiger partial charge in [-0.15, -0.1) is 0 Å². The molecule has 17 heavy (non-hydrogen) atoms. The quantitative estimate of drug-likeness (QED) is 0.754. The molecule has 1 aromatic rings. The lowest BCUT2D eigenvalue weighted by Gasteiger charge is -2.17. The van der Waals surface area contributed by atoms with E-state index in [4.69, 9.17) is 5.73 Å². The van der Waals surface area contributed by atoms with Crippen molar-refractivity contribution in [3.8, 4) is 0 Å². The summed E-state index contributed by atoms with van der Waals surface area (Å²) in [5, 5.41) is 3.25. The number of hydrogen-bond acceptors (Lipinski definition) is 5. The molecule has 1 rings (SSSR count). The summed E-state index contributed by atoms with van der Waals surface area (Å²) in [6.45, 7) is 8.53. The van der Waals surface area contributed by atoms with Crippen LogP contribution in [0.25, 0.3) is 0 Å². The van der Waals surface area contributed by atoms with Crippen molar-refractivity contribution in [3.05, 3.63) is 10.7 Å². The summed E-state index contributed by atoms with van der Waals surface area (Å²) in [6.07, 6.45) is 2.74. The SMILES string of the molecule is CCN(CC)CCCNc1nc(N)ncc1Br. The topological polar surface area (TPSA) is 67.1 Å². The average Bonchev–Trinajstić information content (AvgIpc) is 2.33. The zero-order chi connectivity index (χ0) is 12.7. The molecule has 0 saturated heterocycles. The van der Waals surface area contributed by atoms with Gasteiger partial charge in [-0.1, -0.05) is 13.8 Å². The average molecular weight is 302 g/mol. The number of nitrogens with zero attached hydrogens (tertiary/aromatic N) is 3. The second kappa shape index (κ2) is 7.45. The first-order valence-corrected chi connectivity index (χ1v) is 6.70. The highest BCUT2D eigenvalue weighted by Gasteiger charge is 2.03. The Morgan fingerprint density at radius 1 is 1.41 bits per heavy atom. The predicted octanol–water partition coefficient (Wildman–Crippen LogP) is 1.97. The van der Waals surface area contributed by atoms with E-state index in [9.17, 15) is 0 Å². The molecule has 0 aliphatic rings. The van der Waals surface area contributed by atoms with Gasteiger partial charge in [0.25, 0.3) is 0 Å². The fourth-order valence-electron chi connectivity index (χ4n) is 1.55. The number of anilines is 2. The van der Waals surface area contributed by atoms with Crippen LogP contribution in [0.5, 0.6) is 0 Å². The maximum Gasteiger partial charge on any atom is 0.221 e. The molecular formula is C11H20BrN5. The molecule has 3 N–H and O–H groups in total. The van der Waals surface area contributed by atoms with Crippen molar-refractivity contribution < 1.29 is 0 Å². The van der Waals surface area contributed by atoms with Gasteiger partial charge >= 0.3 is 0 Å². The molecule has 6 heteroatoms. The van der Waals surface area contributed by atoms with E-state index in [0.717, 1.165) is 42.9 Å². The summed E-state index contributed by atoms with van der Waals surface area (Å²) in [4.78, 5) is 10.4. The van der Waals surface area contributed by atoms with E-state index >= 15 is 0 Å². The van der Waals surface area contributed by atoms with Crippen LogP contribution >= 0.6 is 15.9 Å². The first-order valence-electron chi connectivity index (χ1n) is 5.91. The normalized spacial score (nSPS) is 10.8. The molecule has 0 saturated carbocycles. The molecule has 0 unspecified atom stereocenters. The van der Waals surface area contributed by atoms with E-state index in [-0.39, 0.29) is 0 Å². The minimum atomic E-state index is 0.291. The van der Waals surface area contributed by atoms with Gasteiger partial charge < -0.3 is 16.0 Å². The van der Waals surface area contributed by atoms with Gasteiger partial charge in [0.15, 0.2) is 0 Å². The van der Waals surface area contributed by atoms with Crippen LogP contribution in [-0.2, 0) is 0 Å². The minimum Gasteiger partial charge on any atom is -0.369 e. The number of nitrogen functional groups attached to an aromatic ring is 1. The van der Waals surface area contributed by atoms with Crippen LogP contribution in [0.3, 0.4) is 0 Å². The van der Waals surface area contributed by atoms with Gasteiger partial charge in [-0.25, -0.2) is 4.98 Å². The van der Waals surface area contributed by atoms with Crippen LogP contribution < -0.4 is 11.1 Å². The van der Waals surface area contributed by atoms with Gasteiger partial charge in [-0.2, -0.15) is 4.98 Å². The van der Waals surface area contributed by atoms with E-state index in [2.05, 4.69) is 50.0 Å². The molecule has 0 spiro atoms. The zero-order valence-electron chi connectivity index (χ0n) is 10.4. The van der Waals surface area contributed by atoms with Gasteiger partial charge in [-0.05, 0) is 42.0 Å². The lowest BCUT2D eigenvalue weighted by molar-refractivity contribution is 0.303. The number of hydrogen-bond donors (Lipinski definition) is 2. The van der Waals surface area contributed by atoms with Crippen LogP contribution in [-0.4, -0.2) is 41.0 Å². The predicted molar refractivity (Wildman–Crippen MR) is 75.0 cm³/mol. The second-order valence-corrected chi connectivity index (χ2v) is 4.59. The van der Waals surface area contributed by atoms with Crippen molar-refractivity contribution in [2.75, 3.05) is 37.2 Å². The van der Waals surface area contributed by atoms with E-state index in [1.807, 2.05) is 0 Å². The van der Waals surface area contributed by atoms with E-state index in [1.165, 1.54) is 0 Å². The number of nitrogens with two attached hydrogens (primary N) is 1. The number of nitrogens with one attached hydrogen (secondary N) is 1. The van der Waals surface area contributed by atoms with Crippen molar-refractivity contribution in [1.82, 2.24) is 14.9 Å². The first kappa shape index (κ1) is 14.2. The van der Waals surface area contributed by atoms with Gasteiger partial charge in [0.1, 0.15) is 5.82 Å². The molecule has 0 bridgehead atoms. The fraction of sp³-hybridized carbons (Fsp3) is 0.636. The third-order valence-corrected chi connectivity index (χ3v) is 3.18. The Balaban J connectivity index is 2.33. The molecule has 0 radical (unpaired) electrons. The number of rotatable bonds is 7. The molecule has 1 aromatic heterocycles. The maximum absolute atomic E-state index is 5.53. The summed E-state index contributed by atoms with van der Waals surface area (Å²) in [7, 11) is 0. The Bertz CT molecular complexity index is 341. The van der Waals surface area contributed by atoms with Crippen LogP contribution in [0, 0.1) is 0 Å². The van der Waals surface area contributed by atoms with Gasteiger partial charge in [0.2, 0.25) is 5.95 Å². The highest BCUT2D eigenvalue weighted by molar-refractivity contribution is 9.10. The van der Waals surface area contributed by atoms with Gasteiger partial charge in [-0.3, -0.25) is 0 Å². The summed E-state index contributed by atoms with van der Waals surface area (Å²) in [6, 6.07) is 0. The first-order chi connectivity index (χ1) is 8.17. The van der Waals surface area contributed by atoms with E-state index in [0.29, 0.717) is 5.95 Å². The molecule has 1 heterocycles. The molecule has 0 fully saturated rings. The molecule has 0 amide bonds. The highest BCUT2D eigenvalue weighted by Crippen LogP contribution is 2.18. The molecule has 0 aromatic carbocycles. The summed E-state index contributed by atoms with van der Waals surface area (Å²) < 4.78 is 0.842. The smallest absolute Gasteiger partial charge is 0.221 e. The van der Waals surface area contributed by atoms with Crippen molar-refractivity contribution in [2.45, 2.75) is 20.3 Å². The zero-order valence-corrected chi connectivity index (χ0v) is 12.0. The van der Waals surface area contributed by atoms with E-state index < -0.39 is 0 Å². The Hall–Kier alpha value is -0.880. The number of aromatic nitrogens is 2. The third kappa shape index (κ3) is 4.87. The van der Waals surface area contributed by atoms with Crippen LogP contribution in [0.1, 0.15) is 20.3 Å². The van der Waals surface area contributed by atoms with Crippen molar-refractivity contribution in [2.24, 2.45) is 0 Å². The van der Waals surface area contributed by atoms with Crippen LogP contribution in [0.15, 0.2) is 10.7 Å². The molecule has 0 aliphatic heterocycles. The standard InChI is InChI=1S/C11H20BrN5/c1-3-17(4-2)7-5-6-14-10-9(12)8-15-11(13)16-10/h8H,3-7H2,1-2H3,(H3,13,14,15,16). The third-order valence-electron chi connectivity index (χ3n) is 2.60. The molecule has 0 aliphatic carbocycles. The number of halogens is 1. The Labute approximate surface area is 111 Å². The van der Waals surface area contributed by atoms with Gasteiger partial charge in [0.05, 0.1) is 4.47 Å². The summed E-state index contributed by atoms with van der Waals surface area (Å²) in [5.41, 5.74) is 5.53. The Morgan fingerprint density at radius 2 is 2.12 bits per heavy atom.